The lowest BCUT2D eigenvalue weighted by Crippen LogP contribution is -2.19. The van der Waals surface area contributed by atoms with Crippen LogP contribution in [0.3, 0.4) is 0 Å². The maximum absolute atomic E-state index is 12.6. The molecule has 1 aliphatic rings. The second-order valence-corrected chi connectivity index (χ2v) is 7.87. The van der Waals surface area contributed by atoms with Crippen molar-refractivity contribution in [3.63, 3.8) is 0 Å². The van der Waals surface area contributed by atoms with Crippen LogP contribution in [0.15, 0.2) is 82.7 Å². The molecule has 1 fully saturated rings. The fourth-order valence-electron chi connectivity index (χ4n) is 2.97. The number of nitrogens with one attached hydrogen (secondary N) is 1. The van der Waals surface area contributed by atoms with Gasteiger partial charge in [0.25, 0.3) is 5.91 Å². The van der Waals surface area contributed by atoms with Gasteiger partial charge in [-0.25, -0.2) is 9.79 Å². The summed E-state index contributed by atoms with van der Waals surface area (Å²) in [6.45, 7) is 0. The van der Waals surface area contributed by atoms with Gasteiger partial charge in [-0.05, 0) is 72.4 Å². The molecule has 4 rings (SSSR count). The standard InChI is InChI=1S/C25H20N2O5S/c1-30-19-11-7-16(8-12-19)24(29)32-21-6-4-3-5-17(21)15-22-23(28)27-25(33-22)26-18-9-13-20(31-2)14-10-18/h3-15H,1-2H3,(H,26,27,28). The van der Waals surface area contributed by atoms with Crippen LogP contribution in [-0.4, -0.2) is 31.3 Å². The number of hydrogen-bond donors (Lipinski definition) is 1. The SMILES string of the molecule is COc1ccc(N=C2NC(=O)C(=Cc3ccccc3OC(=O)c3ccc(OC)cc3)S2)cc1. The number of para-hydroxylation sites is 1. The normalized spacial score (nSPS) is 15.4. The molecular formula is C25H20N2O5S. The lowest BCUT2D eigenvalue weighted by atomic mass is 10.1. The van der Waals surface area contributed by atoms with Crippen molar-refractivity contribution in [3.8, 4) is 17.2 Å². The highest BCUT2D eigenvalue weighted by molar-refractivity contribution is 8.18. The number of amides is 1. The minimum absolute atomic E-state index is 0.274. The highest BCUT2D eigenvalue weighted by Crippen LogP contribution is 2.31. The van der Waals surface area contributed by atoms with Gasteiger partial charge in [0.1, 0.15) is 17.2 Å². The Morgan fingerprint density at radius 2 is 1.55 bits per heavy atom. The Morgan fingerprint density at radius 3 is 2.21 bits per heavy atom. The van der Waals surface area contributed by atoms with E-state index in [1.165, 1.54) is 11.8 Å². The molecule has 0 atom stereocenters. The predicted octanol–water partition coefficient (Wildman–Crippen LogP) is 4.81. The summed E-state index contributed by atoms with van der Waals surface area (Å²) in [5.74, 6) is 0.939. The van der Waals surface area contributed by atoms with Crippen molar-refractivity contribution in [2.45, 2.75) is 0 Å². The Hall–Kier alpha value is -4.04. The molecule has 8 heteroatoms. The van der Waals surface area contributed by atoms with Crippen molar-refractivity contribution < 1.29 is 23.8 Å². The van der Waals surface area contributed by atoms with Gasteiger partial charge in [-0.1, -0.05) is 18.2 Å². The molecule has 0 spiro atoms. The highest BCUT2D eigenvalue weighted by Gasteiger charge is 2.24. The molecule has 0 saturated carbocycles. The van der Waals surface area contributed by atoms with Crippen molar-refractivity contribution in [2.75, 3.05) is 14.2 Å². The number of hydrogen-bond acceptors (Lipinski definition) is 7. The number of carbonyl (C=O) groups excluding carboxylic acids is 2. The fraction of sp³-hybridized carbons (Fsp3) is 0.0800. The maximum atomic E-state index is 12.6. The summed E-state index contributed by atoms with van der Waals surface area (Å²) >= 11 is 1.21. The molecule has 0 radical (unpaired) electrons. The topological polar surface area (TPSA) is 86.2 Å². The average molecular weight is 461 g/mol. The Balaban J connectivity index is 1.52. The molecule has 1 heterocycles. The van der Waals surface area contributed by atoms with Gasteiger partial charge in [0.2, 0.25) is 0 Å². The second kappa shape index (κ2) is 10.1. The number of thioether (sulfide) groups is 1. The van der Waals surface area contributed by atoms with E-state index in [4.69, 9.17) is 14.2 Å². The van der Waals surface area contributed by atoms with E-state index in [9.17, 15) is 9.59 Å². The monoisotopic (exact) mass is 460 g/mol. The molecule has 1 amide bonds. The van der Waals surface area contributed by atoms with E-state index in [-0.39, 0.29) is 5.91 Å². The largest absolute Gasteiger partial charge is 0.497 e. The van der Waals surface area contributed by atoms with Crippen LogP contribution in [0, 0.1) is 0 Å². The maximum Gasteiger partial charge on any atom is 0.343 e. The first kappa shape index (κ1) is 22.2. The summed E-state index contributed by atoms with van der Waals surface area (Å²) in [5.41, 5.74) is 1.68. The second-order valence-electron chi connectivity index (χ2n) is 6.84. The Bertz CT molecular complexity index is 1230. The fourth-order valence-corrected chi connectivity index (χ4v) is 3.81. The van der Waals surface area contributed by atoms with Crippen molar-refractivity contribution in [1.82, 2.24) is 5.32 Å². The summed E-state index contributed by atoms with van der Waals surface area (Å²) in [5, 5.41) is 3.22. The number of benzene rings is 3. The molecule has 0 bridgehead atoms. The smallest absolute Gasteiger partial charge is 0.343 e. The Morgan fingerprint density at radius 1 is 0.909 bits per heavy atom. The number of aliphatic imine (C=N–C) groups is 1. The molecule has 3 aromatic rings. The molecule has 166 valence electrons. The molecule has 0 aromatic heterocycles. The van der Waals surface area contributed by atoms with E-state index in [2.05, 4.69) is 10.3 Å². The molecule has 1 aliphatic heterocycles. The zero-order valence-corrected chi connectivity index (χ0v) is 18.7. The van der Waals surface area contributed by atoms with Gasteiger partial charge in [-0.3, -0.25) is 4.79 Å². The van der Waals surface area contributed by atoms with Crippen molar-refractivity contribution in [1.29, 1.82) is 0 Å². The zero-order valence-electron chi connectivity index (χ0n) is 17.9. The predicted molar refractivity (Wildman–Crippen MR) is 128 cm³/mol. The summed E-state index contributed by atoms with van der Waals surface area (Å²) in [6.07, 6.45) is 1.67. The van der Waals surface area contributed by atoms with Gasteiger partial charge in [0.15, 0.2) is 5.17 Å². The number of methoxy groups -OCH3 is 2. The first-order valence-electron chi connectivity index (χ1n) is 9.94. The summed E-state index contributed by atoms with van der Waals surface area (Å²) < 4.78 is 15.8. The molecule has 0 unspecified atom stereocenters. The number of nitrogens with zero attached hydrogens (tertiary/aromatic N) is 1. The van der Waals surface area contributed by atoms with Crippen LogP contribution >= 0.6 is 11.8 Å². The lowest BCUT2D eigenvalue weighted by molar-refractivity contribution is -0.115. The summed E-state index contributed by atoms with van der Waals surface area (Å²) in [7, 11) is 3.15. The quantitative estimate of drug-likeness (QED) is 0.323. The number of ether oxygens (including phenoxy) is 3. The molecule has 33 heavy (non-hydrogen) atoms. The van der Waals surface area contributed by atoms with E-state index in [0.717, 1.165) is 5.75 Å². The van der Waals surface area contributed by atoms with Gasteiger partial charge in [-0.15, -0.1) is 0 Å². The molecule has 0 aliphatic carbocycles. The van der Waals surface area contributed by atoms with E-state index >= 15 is 0 Å². The molecule has 1 N–H and O–H groups in total. The van der Waals surface area contributed by atoms with Crippen LogP contribution in [0.1, 0.15) is 15.9 Å². The summed E-state index contributed by atoms with van der Waals surface area (Å²) in [6, 6.07) is 20.8. The zero-order chi connectivity index (χ0) is 23.2. The first-order valence-corrected chi connectivity index (χ1v) is 10.8. The molecule has 1 saturated heterocycles. The number of esters is 1. The van der Waals surface area contributed by atoms with Gasteiger partial charge < -0.3 is 19.5 Å². The van der Waals surface area contributed by atoms with Gasteiger partial charge in [0.05, 0.1) is 30.4 Å². The third-order valence-electron chi connectivity index (χ3n) is 4.69. The van der Waals surface area contributed by atoms with Crippen molar-refractivity contribution in [2.24, 2.45) is 4.99 Å². The van der Waals surface area contributed by atoms with E-state index in [1.54, 1.807) is 93.1 Å². The summed E-state index contributed by atoms with van der Waals surface area (Å²) in [4.78, 5) is 29.9. The minimum atomic E-state index is -0.506. The van der Waals surface area contributed by atoms with E-state index in [0.29, 0.717) is 38.4 Å². The number of rotatable bonds is 6. The highest BCUT2D eigenvalue weighted by atomic mass is 32.2. The third-order valence-corrected chi connectivity index (χ3v) is 5.60. The van der Waals surface area contributed by atoms with Crippen molar-refractivity contribution in [3.05, 3.63) is 88.8 Å². The van der Waals surface area contributed by atoms with E-state index < -0.39 is 5.97 Å². The van der Waals surface area contributed by atoms with Crippen LogP contribution in [0.4, 0.5) is 5.69 Å². The molecule has 3 aromatic carbocycles. The number of carbonyl (C=O) groups is 2. The van der Waals surface area contributed by atoms with Crippen molar-refractivity contribution >= 4 is 40.6 Å². The van der Waals surface area contributed by atoms with Gasteiger partial charge in [-0.2, -0.15) is 0 Å². The van der Waals surface area contributed by atoms with E-state index in [1.807, 2.05) is 0 Å². The first-order chi connectivity index (χ1) is 16.1. The number of amidine groups is 1. The van der Waals surface area contributed by atoms with Crippen LogP contribution in [-0.2, 0) is 4.79 Å². The Labute approximate surface area is 195 Å². The van der Waals surface area contributed by atoms with Crippen LogP contribution in [0.5, 0.6) is 17.2 Å². The van der Waals surface area contributed by atoms with Crippen LogP contribution in [0.25, 0.3) is 6.08 Å². The average Bonchev–Trinajstić information content (AvgIpc) is 3.19. The van der Waals surface area contributed by atoms with Gasteiger partial charge >= 0.3 is 5.97 Å². The lowest BCUT2D eigenvalue weighted by Gasteiger charge is -2.08. The van der Waals surface area contributed by atoms with Crippen LogP contribution in [0.2, 0.25) is 0 Å². The van der Waals surface area contributed by atoms with Crippen LogP contribution < -0.4 is 19.5 Å². The minimum Gasteiger partial charge on any atom is -0.497 e. The molecule has 7 nitrogen and oxygen atoms in total. The van der Waals surface area contributed by atoms with Gasteiger partial charge in [0, 0.05) is 5.56 Å². The Kier molecular flexibility index (Phi) is 6.75. The third kappa shape index (κ3) is 5.42. The molecular weight excluding hydrogens is 440 g/mol.